The fourth-order valence-electron chi connectivity index (χ4n) is 7.73. The van der Waals surface area contributed by atoms with E-state index in [1.54, 1.807) is 52.0 Å². The molecule has 0 saturated heterocycles. The number of hydrogen-bond acceptors (Lipinski definition) is 15. The van der Waals surface area contributed by atoms with Gasteiger partial charge in [-0.05, 0) is 32.1 Å². The number of para-hydroxylation sites is 1. The number of hydrogen-bond donors (Lipinski definition) is 6. The Morgan fingerprint density at radius 2 is 1.61 bits per heavy atom. The first kappa shape index (κ1) is 47.0. The number of phenolic OH excluding ortho intramolecular Hbond substituents is 3. The summed E-state index contributed by atoms with van der Waals surface area (Å²) in [5.74, 6) is -8.24. The number of carbonyl (C=O) groups is 3. The van der Waals surface area contributed by atoms with Crippen molar-refractivity contribution in [3.05, 3.63) is 83.2 Å². The van der Waals surface area contributed by atoms with Crippen LogP contribution < -0.4 is 14.8 Å². The molecule has 1 amide bonds. The fourth-order valence-corrected chi connectivity index (χ4v) is 7.73. The number of carbonyl (C=O) groups excluding carboxylic acids is 3. The zero-order valence-corrected chi connectivity index (χ0v) is 36.2. The highest BCUT2D eigenvalue weighted by Gasteiger charge is 2.50. The van der Waals surface area contributed by atoms with Crippen LogP contribution in [0.4, 0.5) is 5.69 Å². The predicted molar refractivity (Wildman–Crippen MR) is 229 cm³/mol. The number of nitrogens with one attached hydrogen (secondary N) is 1. The molecular weight excluding hydrogens is 805 g/mol. The van der Waals surface area contributed by atoms with Crippen molar-refractivity contribution < 1.29 is 68.4 Å². The van der Waals surface area contributed by atoms with Crippen molar-refractivity contribution in [2.75, 3.05) is 25.6 Å². The lowest BCUT2D eigenvalue weighted by Crippen LogP contribution is -2.46. The van der Waals surface area contributed by atoms with Crippen molar-refractivity contribution in [2.45, 2.75) is 85.6 Å². The normalized spacial score (nSPS) is 29.0. The molecule has 6 N–H and O–H groups in total. The van der Waals surface area contributed by atoms with Crippen LogP contribution in [-0.4, -0.2) is 99.9 Å². The lowest BCUT2D eigenvalue weighted by Gasteiger charge is -2.38. The van der Waals surface area contributed by atoms with E-state index >= 15 is 0 Å². The maximum Gasteiger partial charge on any atom is 0.312 e. The lowest BCUT2D eigenvalue weighted by molar-refractivity contribution is -0.160. The Bertz CT molecular complexity index is 2270. The van der Waals surface area contributed by atoms with Crippen molar-refractivity contribution in [1.82, 2.24) is 0 Å². The minimum absolute atomic E-state index is 0.0183. The SMILES string of the molecule is CO[C@H]1/C=C/O[C@@]2(C)Oc3c(C)c(O)c4c(O)c(c(C=NOCCOc5ccccc5)c(O)c4c3C2=O)NC(=O)/C(C)=C\C=C\[C@H](C)[C@H](O)[C@@H](C)[C@@H](O)[C@H](C)[C@H](OC(C)=O)[C@H]1C. The van der Waals surface area contributed by atoms with E-state index in [1.807, 2.05) is 18.2 Å². The molecule has 6 rings (SSSR count). The number of aromatic hydroxyl groups is 3. The molecule has 3 heterocycles. The van der Waals surface area contributed by atoms with E-state index < -0.39 is 88.8 Å². The molecule has 16 nitrogen and oxygen atoms in total. The molecule has 3 aliphatic heterocycles. The minimum atomic E-state index is -2.08. The zero-order chi connectivity index (χ0) is 45.6. The molecular formula is C46H56N2O14. The highest BCUT2D eigenvalue weighted by molar-refractivity contribution is 6.23. The molecule has 0 fully saturated rings. The Labute approximate surface area is 360 Å². The number of ketones is 1. The molecule has 3 aromatic rings. The molecule has 62 heavy (non-hydrogen) atoms. The van der Waals surface area contributed by atoms with Crippen LogP contribution >= 0.6 is 0 Å². The Morgan fingerprint density at radius 3 is 2.27 bits per heavy atom. The van der Waals surface area contributed by atoms with Crippen LogP contribution in [0.3, 0.4) is 0 Å². The number of nitrogens with zero attached hydrogens (tertiary/aromatic N) is 1. The van der Waals surface area contributed by atoms with Crippen LogP contribution in [0.1, 0.15) is 70.0 Å². The number of aliphatic hydroxyl groups excluding tert-OH is 2. The quantitative estimate of drug-likeness (QED) is 0.0371. The van der Waals surface area contributed by atoms with E-state index in [1.165, 1.54) is 53.2 Å². The summed E-state index contributed by atoms with van der Waals surface area (Å²) in [5, 5.41) is 64.1. The second-order valence-corrected chi connectivity index (χ2v) is 15.8. The number of benzene rings is 3. The molecule has 0 aliphatic carbocycles. The molecule has 9 atom stereocenters. The van der Waals surface area contributed by atoms with Gasteiger partial charge in [0.15, 0.2) is 12.4 Å². The molecule has 0 aromatic heterocycles. The summed E-state index contributed by atoms with van der Waals surface area (Å²) in [5.41, 5.74) is -0.742. The first-order valence-corrected chi connectivity index (χ1v) is 20.3. The van der Waals surface area contributed by atoms with Gasteiger partial charge >= 0.3 is 11.8 Å². The molecule has 334 valence electrons. The van der Waals surface area contributed by atoms with Crippen LogP contribution in [-0.2, 0) is 28.6 Å². The monoisotopic (exact) mass is 860 g/mol. The minimum Gasteiger partial charge on any atom is -0.507 e. The van der Waals surface area contributed by atoms with Crippen LogP contribution in [0.2, 0.25) is 0 Å². The number of anilines is 1. The van der Waals surface area contributed by atoms with Gasteiger partial charge in [0.05, 0.1) is 53.0 Å². The van der Waals surface area contributed by atoms with Gasteiger partial charge < -0.3 is 59.4 Å². The fraction of sp³-hybridized carbons (Fsp3) is 0.435. The van der Waals surface area contributed by atoms with Gasteiger partial charge in [0.2, 0.25) is 0 Å². The maximum absolute atomic E-state index is 14.4. The number of ether oxygens (including phenoxy) is 5. The van der Waals surface area contributed by atoms with Crippen molar-refractivity contribution in [2.24, 2.45) is 28.8 Å². The number of phenols is 3. The van der Waals surface area contributed by atoms with Crippen molar-refractivity contribution in [1.29, 1.82) is 0 Å². The van der Waals surface area contributed by atoms with E-state index in [9.17, 15) is 39.9 Å². The number of fused-ring (bicyclic) bond motifs is 14. The average molecular weight is 861 g/mol. The number of methoxy groups -OCH3 is 1. The molecule has 0 unspecified atom stereocenters. The van der Waals surface area contributed by atoms with Gasteiger partial charge in [-0.3, -0.25) is 14.4 Å². The van der Waals surface area contributed by atoms with Gasteiger partial charge in [0.1, 0.15) is 35.7 Å². The number of Topliss-reactive ketones (excluding diaryl/α,β-unsaturated/α-hetero) is 1. The van der Waals surface area contributed by atoms with E-state index in [4.69, 9.17) is 28.5 Å². The van der Waals surface area contributed by atoms with Crippen molar-refractivity contribution in [3.8, 4) is 28.7 Å². The Kier molecular flexibility index (Phi) is 14.9. The summed E-state index contributed by atoms with van der Waals surface area (Å²) >= 11 is 0. The number of rotatable bonds is 8. The maximum atomic E-state index is 14.4. The topological polar surface area (TPSA) is 232 Å². The van der Waals surface area contributed by atoms with Crippen LogP contribution in [0, 0.1) is 30.6 Å². The molecule has 0 radical (unpaired) electrons. The second kappa shape index (κ2) is 19.7. The summed E-state index contributed by atoms with van der Waals surface area (Å²) in [7, 11) is 1.42. The summed E-state index contributed by atoms with van der Waals surface area (Å²) < 4.78 is 29.2. The summed E-state index contributed by atoms with van der Waals surface area (Å²) in [4.78, 5) is 45.9. The largest absolute Gasteiger partial charge is 0.507 e. The van der Waals surface area contributed by atoms with E-state index in [0.717, 1.165) is 6.21 Å². The third-order valence-electron chi connectivity index (χ3n) is 11.5. The Morgan fingerprint density at radius 1 is 0.919 bits per heavy atom. The number of allylic oxidation sites excluding steroid dienone is 2. The van der Waals surface area contributed by atoms with Gasteiger partial charge in [-0.25, -0.2) is 0 Å². The van der Waals surface area contributed by atoms with E-state index in [2.05, 4.69) is 10.5 Å². The first-order valence-electron chi connectivity index (χ1n) is 20.3. The highest BCUT2D eigenvalue weighted by Crippen LogP contribution is 2.55. The van der Waals surface area contributed by atoms with Crippen molar-refractivity contribution in [3.63, 3.8) is 0 Å². The van der Waals surface area contributed by atoms with Gasteiger partial charge in [0, 0.05) is 61.2 Å². The number of aliphatic hydroxyl groups is 2. The Balaban J connectivity index is 1.64. The number of amides is 1. The van der Waals surface area contributed by atoms with Crippen molar-refractivity contribution >= 4 is 40.3 Å². The second-order valence-electron chi connectivity index (χ2n) is 15.8. The molecule has 16 heteroatoms. The summed E-state index contributed by atoms with van der Waals surface area (Å²) in [6.07, 6.45) is 4.39. The van der Waals surface area contributed by atoms with E-state index in [-0.39, 0.29) is 57.7 Å². The smallest absolute Gasteiger partial charge is 0.312 e. The first-order chi connectivity index (χ1) is 29.3. The zero-order valence-electron chi connectivity index (χ0n) is 36.2. The van der Waals surface area contributed by atoms with Gasteiger partial charge in [-0.15, -0.1) is 0 Å². The lowest BCUT2D eigenvalue weighted by atomic mass is 9.78. The van der Waals surface area contributed by atoms with Crippen LogP contribution in [0.5, 0.6) is 28.7 Å². The predicted octanol–water partition coefficient (Wildman–Crippen LogP) is 6.18. The number of oxime groups is 1. The molecule has 3 aromatic carbocycles. The molecule has 0 saturated carbocycles. The standard InChI is InChI=1S/C46H56N2O14/c1-23-14-13-15-24(2)45(56)48-36-31(22-47-60-21-20-58-30-16-11-10-12-17-30)40(53)33-34(41(36)54)39(52)28(6)43-35(33)44(55)46(8,62-43)59-19-18-32(57-9)25(3)42(61-29(7)49)27(5)38(51)26(4)37(23)50/h10-19,22-23,25-27,32,37-38,42,50-54H,20-21H2,1-9H3,(H,48,56)/b14-13+,19-18+,24-15-,47-22?/t23-,25-,26+,27-,32-,37-,38+,42+,46-/m0/s1. The third kappa shape index (κ3) is 9.67. The Hall–Kier alpha value is -6.10. The summed E-state index contributed by atoms with van der Waals surface area (Å²) in [6.45, 7) is 12.4. The van der Waals surface area contributed by atoms with Gasteiger partial charge in [-0.1, -0.05) is 69.3 Å². The average Bonchev–Trinajstić information content (AvgIpc) is 3.51. The van der Waals surface area contributed by atoms with E-state index in [0.29, 0.717) is 5.75 Å². The molecule has 3 aliphatic rings. The van der Waals surface area contributed by atoms with Crippen LogP contribution in [0.15, 0.2) is 71.6 Å². The van der Waals surface area contributed by atoms with Gasteiger partial charge in [0.25, 0.3) is 11.7 Å². The molecule has 0 spiro atoms. The molecule has 5 bridgehead atoms. The van der Waals surface area contributed by atoms with Crippen LogP contribution in [0.25, 0.3) is 10.8 Å². The highest BCUT2D eigenvalue weighted by atomic mass is 16.7. The summed E-state index contributed by atoms with van der Waals surface area (Å²) in [6, 6.07) is 8.99. The van der Waals surface area contributed by atoms with Gasteiger partial charge in [-0.2, -0.15) is 0 Å². The third-order valence-corrected chi connectivity index (χ3v) is 11.5. The number of esters is 1.